The minimum atomic E-state index is -0.286. The second-order valence-electron chi connectivity index (χ2n) is 7.05. The van der Waals surface area contributed by atoms with E-state index >= 15 is 0 Å². The van der Waals surface area contributed by atoms with Crippen LogP contribution < -0.4 is 19.9 Å². The van der Waals surface area contributed by atoms with Crippen molar-refractivity contribution in [2.45, 2.75) is 19.4 Å². The lowest BCUT2D eigenvalue weighted by Crippen LogP contribution is -2.38. The predicted octanol–water partition coefficient (Wildman–Crippen LogP) is -0.0195. The van der Waals surface area contributed by atoms with Crippen LogP contribution in [0.1, 0.15) is 29.0 Å². The van der Waals surface area contributed by atoms with Crippen LogP contribution in [0.15, 0.2) is 6.20 Å². The summed E-state index contributed by atoms with van der Waals surface area (Å²) in [7, 11) is 3.23. The maximum atomic E-state index is 12.6. The lowest BCUT2D eigenvalue weighted by Gasteiger charge is -2.28. The molecule has 4 rings (SSSR count). The molecule has 2 aliphatic heterocycles. The topological polar surface area (TPSA) is 111 Å². The highest BCUT2D eigenvalue weighted by atomic mass is 16.5. The van der Waals surface area contributed by atoms with Crippen LogP contribution >= 0.6 is 0 Å². The van der Waals surface area contributed by atoms with Crippen molar-refractivity contribution in [3.05, 3.63) is 17.6 Å². The van der Waals surface area contributed by atoms with E-state index in [9.17, 15) is 4.79 Å². The summed E-state index contributed by atoms with van der Waals surface area (Å²) in [5.41, 5.74) is 0.372. The SMILES string of the molecule is COc1nn(C)cc1C(=O)NCc1nc(N2CCCC2)nc(N2CCOCC2)n1. The Morgan fingerprint density at radius 2 is 1.76 bits per heavy atom. The quantitative estimate of drug-likeness (QED) is 0.713. The molecule has 2 aromatic heterocycles. The van der Waals surface area contributed by atoms with Crippen molar-refractivity contribution in [3.63, 3.8) is 0 Å². The smallest absolute Gasteiger partial charge is 0.258 e. The number of amides is 1. The van der Waals surface area contributed by atoms with Gasteiger partial charge in [0.2, 0.25) is 17.8 Å². The number of rotatable bonds is 6. The lowest BCUT2D eigenvalue weighted by atomic mass is 10.3. The fourth-order valence-corrected chi connectivity index (χ4v) is 3.47. The Balaban J connectivity index is 1.53. The Morgan fingerprint density at radius 3 is 2.41 bits per heavy atom. The zero-order chi connectivity index (χ0) is 20.2. The Labute approximate surface area is 169 Å². The molecule has 11 nitrogen and oxygen atoms in total. The average Bonchev–Trinajstić information content (AvgIpc) is 3.42. The molecule has 0 aromatic carbocycles. The third-order valence-electron chi connectivity index (χ3n) is 4.98. The van der Waals surface area contributed by atoms with Crippen molar-refractivity contribution >= 4 is 17.8 Å². The molecule has 0 radical (unpaired) electrons. The molecular formula is C18H26N8O3. The summed E-state index contributed by atoms with van der Waals surface area (Å²) in [5, 5.41) is 6.98. The molecule has 2 aliphatic rings. The van der Waals surface area contributed by atoms with E-state index in [4.69, 9.17) is 9.47 Å². The maximum absolute atomic E-state index is 12.6. The monoisotopic (exact) mass is 402 g/mol. The minimum absolute atomic E-state index is 0.192. The van der Waals surface area contributed by atoms with E-state index in [1.165, 1.54) is 7.11 Å². The van der Waals surface area contributed by atoms with Gasteiger partial charge in [0.25, 0.3) is 5.91 Å². The molecule has 2 fully saturated rings. The second-order valence-corrected chi connectivity index (χ2v) is 7.05. The number of methoxy groups -OCH3 is 1. The zero-order valence-corrected chi connectivity index (χ0v) is 16.8. The van der Waals surface area contributed by atoms with Crippen LogP contribution in [0.25, 0.3) is 0 Å². The van der Waals surface area contributed by atoms with Crippen molar-refractivity contribution in [2.75, 3.05) is 56.3 Å². The molecule has 4 heterocycles. The van der Waals surface area contributed by atoms with Gasteiger partial charge in [0.1, 0.15) is 5.56 Å². The van der Waals surface area contributed by atoms with E-state index in [1.807, 2.05) is 0 Å². The summed E-state index contributed by atoms with van der Waals surface area (Å²) in [6, 6.07) is 0. The number of nitrogens with one attached hydrogen (secondary N) is 1. The van der Waals surface area contributed by atoms with Crippen LogP contribution in [-0.4, -0.2) is 77.1 Å². The van der Waals surface area contributed by atoms with E-state index in [2.05, 4.69) is 35.2 Å². The second kappa shape index (κ2) is 8.60. The molecule has 156 valence electrons. The van der Waals surface area contributed by atoms with Gasteiger partial charge in [-0.2, -0.15) is 15.0 Å². The van der Waals surface area contributed by atoms with Gasteiger partial charge in [-0.1, -0.05) is 0 Å². The van der Waals surface area contributed by atoms with E-state index in [-0.39, 0.29) is 18.3 Å². The first-order valence-corrected chi connectivity index (χ1v) is 9.82. The van der Waals surface area contributed by atoms with Crippen molar-refractivity contribution in [1.82, 2.24) is 30.0 Å². The maximum Gasteiger partial charge on any atom is 0.258 e. The average molecular weight is 402 g/mol. The molecular weight excluding hydrogens is 376 g/mol. The number of nitrogens with zero attached hydrogens (tertiary/aromatic N) is 7. The Bertz CT molecular complexity index is 859. The number of hydrogen-bond donors (Lipinski definition) is 1. The summed E-state index contributed by atoms with van der Waals surface area (Å²) >= 11 is 0. The molecule has 0 spiro atoms. The van der Waals surface area contributed by atoms with Crippen molar-refractivity contribution in [1.29, 1.82) is 0 Å². The third kappa shape index (κ3) is 4.39. The summed E-state index contributed by atoms with van der Waals surface area (Å²) in [6.45, 7) is 4.84. The molecule has 1 N–H and O–H groups in total. The molecule has 2 saturated heterocycles. The van der Waals surface area contributed by atoms with Crippen molar-refractivity contribution in [2.24, 2.45) is 7.05 Å². The van der Waals surface area contributed by atoms with Gasteiger partial charge in [-0.05, 0) is 12.8 Å². The fourth-order valence-electron chi connectivity index (χ4n) is 3.47. The van der Waals surface area contributed by atoms with E-state index in [0.29, 0.717) is 36.5 Å². The number of morpholine rings is 1. The van der Waals surface area contributed by atoms with Gasteiger partial charge >= 0.3 is 0 Å². The number of hydrogen-bond acceptors (Lipinski definition) is 9. The van der Waals surface area contributed by atoms with Gasteiger partial charge in [-0.15, -0.1) is 5.10 Å². The Hall–Kier alpha value is -2.95. The highest BCUT2D eigenvalue weighted by Gasteiger charge is 2.22. The molecule has 0 atom stereocenters. The van der Waals surface area contributed by atoms with Crippen LogP contribution in [0.5, 0.6) is 5.88 Å². The number of anilines is 2. The Morgan fingerprint density at radius 1 is 1.10 bits per heavy atom. The summed E-state index contributed by atoms with van der Waals surface area (Å²) in [4.78, 5) is 30.7. The van der Waals surface area contributed by atoms with Crippen molar-refractivity contribution in [3.8, 4) is 5.88 Å². The van der Waals surface area contributed by atoms with E-state index in [1.54, 1.807) is 17.9 Å². The summed E-state index contributed by atoms with van der Waals surface area (Å²) in [6.07, 6.45) is 3.88. The van der Waals surface area contributed by atoms with Crippen LogP contribution in [0.2, 0.25) is 0 Å². The van der Waals surface area contributed by atoms with Gasteiger partial charge in [0.05, 0.1) is 26.9 Å². The normalized spacial score (nSPS) is 16.9. The van der Waals surface area contributed by atoms with Gasteiger partial charge in [0.15, 0.2) is 5.82 Å². The first kappa shape index (κ1) is 19.4. The molecule has 2 aromatic rings. The first-order chi connectivity index (χ1) is 14.1. The predicted molar refractivity (Wildman–Crippen MR) is 105 cm³/mol. The lowest BCUT2D eigenvalue weighted by molar-refractivity contribution is 0.0946. The molecule has 0 saturated carbocycles. The fraction of sp³-hybridized carbons (Fsp3) is 0.611. The highest BCUT2D eigenvalue weighted by Crippen LogP contribution is 2.20. The minimum Gasteiger partial charge on any atom is -0.479 e. The largest absolute Gasteiger partial charge is 0.479 e. The number of carbonyl (C=O) groups excluding carboxylic acids is 1. The zero-order valence-electron chi connectivity index (χ0n) is 16.8. The van der Waals surface area contributed by atoms with Crippen LogP contribution in [0.4, 0.5) is 11.9 Å². The number of aryl methyl sites for hydroxylation is 1. The third-order valence-corrected chi connectivity index (χ3v) is 4.98. The Kier molecular flexibility index (Phi) is 5.74. The summed E-state index contributed by atoms with van der Waals surface area (Å²) in [5.74, 6) is 1.83. The van der Waals surface area contributed by atoms with Crippen LogP contribution in [0, 0.1) is 0 Å². The standard InChI is InChI=1S/C18H26N8O3/c1-24-12-13(16(23-24)28-2)15(27)19-11-14-20-17(25-5-3-4-6-25)22-18(21-14)26-7-9-29-10-8-26/h12H,3-11H2,1-2H3,(H,19,27). The van der Waals surface area contributed by atoms with Crippen LogP contribution in [0.3, 0.4) is 0 Å². The van der Waals surface area contributed by atoms with Gasteiger partial charge in [0, 0.05) is 39.4 Å². The van der Waals surface area contributed by atoms with Gasteiger partial charge in [-0.25, -0.2) is 0 Å². The van der Waals surface area contributed by atoms with E-state index < -0.39 is 0 Å². The number of aromatic nitrogens is 5. The molecule has 0 bridgehead atoms. The highest BCUT2D eigenvalue weighted by molar-refractivity contribution is 5.96. The number of carbonyl (C=O) groups is 1. The molecule has 0 unspecified atom stereocenters. The summed E-state index contributed by atoms with van der Waals surface area (Å²) < 4.78 is 12.1. The number of ether oxygens (including phenoxy) is 2. The molecule has 29 heavy (non-hydrogen) atoms. The van der Waals surface area contributed by atoms with E-state index in [0.717, 1.165) is 39.0 Å². The molecule has 11 heteroatoms. The first-order valence-electron chi connectivity index (χ1n) is 9.82. The van der Waals surface area contributed by atoms with Crippen LogP contribution in [-0.2, 0) is 18.3 Å². The van der Waals surface area contributed by atoms with Gasteiger partial charge in [-0.3, -0.25) is 9.48 Å². The van der Waals surface area contributed by atoms with Gasteiger partial charge < -0.3 is 24.6 Å². The molecule has 0 aliphatic carbocycles. The van der Waals surface area contributed by atoms with Crippen molar-refractivity contribution < 1.29 is 14.3 Å². The molecule has 1 amide bonds.